The van der Waals surface area contributed by atoms with Crippen LogP contribution in [0.25, 0.3) is 11.1 Å². The molecule has 0 amide bonds. The van der Waals surface area contributed by atoms with E-state index in [1.165, 1.54) is 32.2 Å². The second-order valence-electron chi connectivity index (χ2n) is 9.87. The van der Waals surface area contributed by atoms with Gasteiger partial charge in [-0.25, -0.2) is 13.6 Å². The van der Waals surface area contributed by atoms with Crippen molar-refractivity contribution in [3.8, 4) is 16.9 Å². The predicted octanol–water partition coefficient (Wildman–Crippen LogP) is 2.09. The number of aromatic nitrogens is 2. The summed E-state index contributed by atoms with van der Waals surface area (Å²) in [5.74, 6) is -3.23. The Morgan fingerprint density at radius 3 is 2.10 bits per heavy atom. The molecule has 3 aromatic carbocycles. The largest absolute Gasteiger partial charge is 1.00 e. The van der Waals surface area contributed by atoms with E-state index < -0.39 is 52.7 Å². The van der Waals surface area contributed by atoms with Crippen LogP contribution < -0.4 is 56.4 Å². The third-order valence-electron chi connectivity index (χ3n) is 6.93. The Morgan fingerprint density at radius 2 is 1.56 bits per heavy atom. The molecule has 0 bridgehead atoms. The van der Waals surface area contributed by atoms with E-state index >= 15 is 4.39 Å². The third kappa shape index (κ3) is 10.9. The topological polar surface area (TPSA) is 119 Å². The van der Waals surface area contributed by atoms with Crippen molar-refractivity contribution in [1.82, 2.24) is 9.13 Å². The van der Waals surface area contributed by atoms with Gasteiger partial charge >= 0.3 is 41.4 Å². The Hall–Kier alpha value is -3.78. The fourth-order valence-corrected chi connectivity index (χ4v) is 4.63. The second-order valence-corrected chi connectivity index (χ2v) is 9.87. The van der Waals surface area contributed by atoms with Crippen LogP contribution in [-0.2, 0) is 30.5 Å². The van der Waals surface area contributed by atoms with Crippen LogP contribution >= 0.6 is 0 Å². The van der Waals surface area contributed by atoms with Crippen LogP contribution in [0, 0.1) is 18.6 Å². The number of carboxylic acids is 1. The van der Waals surface area contributed by atoms with E-state index in [9.17, 15) is 37.1 Å². The van der Waals surface area contributed by atoms with Crippen molar-refractivity contribution >= 4 is 5.97 Å². The predicted molar refractivity (Wildman–Crippen MR) is 167 cm³/mol. The molecule has 48 heavy (non-hydrogen) atoms. The summed E-state index contributed by atoms with van der Waals surface area (Å²) < 4.78 is 77.8. The van der Waals surface area contributed by atoms with Crippen LogP contribution in [0.2, 0.25) is 0 Å². The molecule has 0 aliphatic carbocycles. The molecule has 0 radical (unpaired) electrons. The quantitative estimate of drug-likeness (QED) is 0.202. The number of halogens is 5. The minimum Gasteiger partial charge on any atom is -0.550 e. The first kappa shape index (κ1) is 42.2. The number of aryl methyl sites for hydroxylation is 1. The Morgan fingerprint density at radius 1 is 0.938 bits per heavy atom. The molecule has 1 aromatic heterocycles. The van der Waals surface area contributed by atoms with Gasteiger partial charge in [0.1, 0.15) is 5.82 Å². The minimum absolute atomic E-state index is 0. The molecule has 4 rings (SSSR count). The Bertz CT molecular complexity index is 1760. The molecule has 1 heterocycles. The van der Waals surface area contributed by atoms with E-state index in [1.54, 1.807) is 30.3 Å². The summed E-state index contributed by atoms with van der Waals surface area (Å²) in [6.45, 7) is 4.78. The van der Waals surface area contributed by atoms with Gasteiger partial charge in [-0.3, -0.25) is 13.9 Å². The van der Waals surface area contributed by atoms with Gasteiger partial charge in [0.05, 0.1) is 24.8 Å². The zero-order chi connectivity index (χ0) is 35.3. The first-order valence-corrected chi connectivity index (χ1v) is 14.8. The molecule has 4 aromatic rings. The van der Waals surface area contributed by atoms with Gasteiger partial charge in [-0.1, -0.05) is 62.4 Å². The molecule has 14 heteroatoms. The summed E-state index contributed by atoms with van der Waals surface area (Å²) in [6.07, 6.45) is -4.05. The van der Waals surface area contributed by atoms with Gasteiger partial charge in [-0.15, -0.1) is 0 Å². The number of methoxy groups -OCH3 is 1. The monoisotopic (exact) mass is 685 g/mol. The average Bonchev–Trinajstić information content (AvgIpc) is 3.04. The third-order valence-corrected chi connectivity index (χ3v) is 6.93. The maximum Gasteiger partial charge on any atom is 1.00 e. The molecular formula is C34H37F5N3NaO5. The molecule has 0 saturated heterocycles. The van der Waals surface area contributed by atoms with Crippen molar-refractivity contribution in [3.63, 3.8) is 0 Å². The first-order chi connectivity index (χ1) is 22.3. The normalized spacial score (nSPS) is 10.5. The Kier molecular flexibility index (Phi) is 17.5. The molecule has 0 unspecified atom stereocenters. The number of alkyl halides is 3. The number of benzene rings is 3. The zero-order valence-corrected chi connectivity index (χ0v) is 29.5. The number of hydrogen-bond acceptors (Lipinski definition) is 6. The summed E-state index contributed by atoms with van der Waals surface area (Å²) in [6, 6.07) is 15.5. The molecule has 8 nitrogen and oxygen atoms in total. The number of hydrogen-bond donors (Lipinski definition) is 1. The molecule has 0 aliphatic heterocycles. The summed E-state index contributed by atoms with van der Waals surface area (Å²) >= 11 is 0. The number of carbonyl (C=O) groups is 1. The van der Waals surface area contributed by atoms with Gasteiger partial charge in [0.15, 0.2) is 11.6 Å². The van der Waals surface area contributed by atoms with Crippen molar-refractivity contribution in [2.75, 3.05) is 13.7 Å². The molecule has 0 aliphatic rings. The van der Waals surface area contributed by atoms with Gasteiger partial charge in [0.2, 0.25) is 0 Å². The number of aliphatic carboxylic acids is 1. The van der Waals surface area contributed by atoms with Crippen molar-refractivity contribution in [1.29, 1.82) is 0 Å². The minimum atomic E-state index is -4.89. The summed E-state index contributed by atoms with van der Waals surface area (Å²) in [5.41, 5.74) is 1.46. The summed E-state index contributed by atoms with van der Waals surface area (Å²) in [7, 11) is 1.24. The molecule has 0 fully saturated rings. The van der Waals surface area contributed by atoms with E-state index in [4.69, 9.17) is 10.5 Å². The van der Waals surface area contributed by atoms with Crippen LogP contribution in [0.4, 0.5) is 22.0 Å². The maximum atomic E-state index is 15.3. The van der Waals surface area contributed by atoms with Crippen LogP contribution in [0.1, 0.15) is 49.1 Å². The molecule has 0 atom stereocenters. The maximum absolute atomic E-state index is 15.3. The number of rotatable bonds is 10. The summed E-state index contributed by atoms with van der Waals surface area (Å²) in [5, 5.41) is 9.59. The van der Waals surface area contributed by atoms with Crippen molar-refractivity contribution in [2.24, 2.45) is 5.73 Å². The number of carboxylic acid groups (broad SMARTS) is 1. The van der Waals surface area contributed by atoms with Gasteiger partial charge in [-0.2, -0.15) is 13.2 Å². The number of nitrogens with two attached hydrogens (primary N) is 1. The van der Waals surface area contributed by atoms with E-state index in [0.29, 0.717) is 19.0 Å². The average molecular weight is 686 g/mol. The van der Waals surface area contributed by atoms with Crippen LogP contribution in [-0.4, -0.2) is 28.8 Å². The van der Waals surface area contributed by atoms with Crippen LogP contribution in [0.3, 0.4) is 0 Å². The number of carbonyl (C=O) groups excluding carboxylic acids is 1. The number of nitrogens with zero attached hydrogens (tertiary/aromatic N) is 2. The summed E-state index contributed by atoms with van der Waals surface area (Å²) in [4.78, 5) is 36.7. The Labute approximate surface area is 297 Å². The standard InChI is InChI=1S/C28H23F5N2O3.C4H9NO2.C2H6.Na/c1-17-24(19-10-6-13-23(38-2)25(19)30)26(36)34(15-14-18-8-4-3-5-9-18)27(37)35(17)16-20-21(28(31,32)33)11-7-12-22(20)29;5-3-1-2-4(6)7;1-2;/h3-13H,14-16H2,1-2H3;1-3,5H2,(H,6,7);1-2H3;/q;;;+1/p-1. The number of ether oxygens (including phenoxy) is 1. The van der Waals surface area contributed by atoms with Crippen LogP contribution in [0.15, 0.2) is 76.3 Å². The van der Waals surface area contributed by atoms with E-state index in [0.717, 1.165) is 26.8 Å². The van der Waals surface area contributed by atoms with Gasteiger partial charge < -0.3 is 20.4 Å². The molecule has 0 saturated carbocycles. The molecule has 0 spiro atoms. The van der Waals surface area contributed by atoms with Gasteiger partial charge in [0.25, 0.3) is 5.56 Å². The fraction of sp³-hybridized carbons (Fsp3) is 0.324. The van der Waals surface area contributed by atoms with Crippen molar-refractivity contribution in [2.45, 2.75) is 59.3 Å². The molecule has 2 N–H and O–H groups in total. The smallest absolute Gasteiger partial charge is 0.550 e. The van der Waals surface area contributed by atoms with Crippen molar-refractivity contribution < 1.29 is 66.1 Å². The van der Waals surface area contributed by atoms with Crippen molar-refractivity contribution in [3.05, 3.63) is 122 Å². The van der Waals surface area contributed by atoms with Gasteiger partial charge in [0, 0.05) is 29.3 Å². The Balaban J connectivity index is 0.00000102. The van der Waals surface area contributed by atoms with E-state index in [2.05, 4.69) is 0 Å². The van der Waals surface area contributed by atoms with Gasteiger partial charge in [-0.05, 0) is 56.5 Å². The fourth-order valence-electron chi connectivity index (χ4n) is 4.63. The zero-order valence-electron chi connectivity index (χ0n) is 27.5. The van der Waals surface area contributed by atoms with Crippen LogP contribution in [0.5, 0.6) is 5.75 Å². The molecule has 254 valence electrons. The van der Waals surface area contributed by atoms with E-state index in [1.807, 2.05) is 13.8 Å². The SMILES string of the molecule is CC.COc1cccc(-c2c(C)n(Cc3c(F)cccc3C(F)(F)F)c(=O)n(CCc3ccccc3)c2=O)c1F.NCCCC(=O)[O-].[Na+]. The first-order valence-electron chi connectivity index (χ1n) is 14.8. The second kappa shape index (κ2) is 19.9. The molecular weight excluding hydrogens is 648 g/mol. The van der Waals surface area contributed by atoms with E-state index in [-0.39, 0.29) is 71.5 Å².